The Morgan fingerprint density at radius 2 is 1.88 bits per heavy atom. The Balaban J connectivity index is 2.62. The summed E-state index contributed by atoms with van der Waals surface area (Å²) in [6, 6.07) is 5.61. The molecule has 0 spiro atoms. The Bertz CT molecular complexity index is 541. The number of benzene rings is 1. The molecule has 0 radical (unpaired) electrons. The Morgan fingerprint density at radius 3 is 2.56 bits per heavy atom. The first-order chi connectivity index (χ1) is 7.58. The van der Waals surface area contributed by atoms with E-state index in [0.717, 1.165) is 0 Å². The van der Waals surface area contributed by atoms with Crippen molar-refractivity contribution < 1.29 is 8.78 Å². The van der Waals surface area contributed by atoms with Crippen molar-refractivity contribution in [2.45, 2.75) is 6.92 Å². The van der Waals surface area contributed by atoms with Gasteiger partial charge < -0.3 is 0 Å². The van der Waals surface area contributed by atoms with E-state index in [-0.39, 0.29) is 11.4 Å². The van der Waals surface area contributed by atoms with Crippen molar-refractivity contribution in [3.05, 3.63) is 52.8 Å². The van der Waals surface area contributed by atoms with Gasteiger partial charge in [-0.25, -0.2) is 9.37 Å². The van der Waals surface area contributed by atoms with Crippen LogP contribution in [0.15, 0.2) is 30.5 Å². The highest BCUT2D eigenvalue weighted by atomic mass is 35.5. The number of pyridine rings is 1. The third-order valence-electron chi connectivity index (χ3n) is 2.28. The van der Waals surface area contributed by atoms with E-state index in [9.17, 15) is 8.78 Å². The lowest BCUT2D eigenvalue weighted by Crippen LogP contribution is -1.91. The van der Waals surface area contributed by atoms with Crippen molar-refractivity contribution in [1.82, 2.24) is 4.98 Å². The maximum atomic E-state index is 13.5. The van der Waals surface area contributed by atoms with Gasteiger partial charge in [0.2, 0.25) is 5.95 Å². The van der Waals surface area contributed by atoms with Gasteiger partial charge in [0.15, 0.2) is 0 Å². The third kappa shape index (κ3) is 2.04. The molecule has 0 aliphatic carbocycles. The number of hydrogen-bond acceptors (Lipinski definition) is 1. The van der Waals surface area contributed by atoms with Crippen molar-refractivity contribution in [1.29, 1.82) is 0 Å². The van der Waals surface area contributed by atoms with Crippen molar-refractivity contribution in [3.8, 4) is 11.1 Å². The minimum Gasteiger partial charge on any atom is -0.226 e. The Morgan fingerprint density at radius 1 is 1.12 bits per heavy atom. The standard InChI is InChI=1S/C12H8ClF2N/c1-7-4-9(14)2-3-10(7)11-5-8(13)6-16-12(11)15/h2-6H,1H3. The van der Waals surface area contributed by atoms with Crippen molar-refractivity contribution in [2.75, 3.05) is 0 Å². The van der Waals surface area contributed by atoms with E-state index < -0.39 is 5.95 Å². The molecule has 2 rings (SSSR count). The summed E-state index contributed by atoms with van der Waals surface area (Å²) in [6.45, 7) is 1.71. The molecule has 0 N–H and O–H groups in total. The Kier molecular flexibility index (Phi) is 2.88. The highest BCUT2D eigenvalue weighted by Gasteiger charge is 2.10. The molecule has 0 atom stereocenters. The molecule has 0 saturated carbocycles. The summed E-state index contributed by atoms with van der Waals surface area (Å²) in [5.74, 6) is -0.962. The van der Waals surface area contributed by atoms with Crippen LogP contribution in [0.5, 0.6) is 0 Å². The van der Waals surface area contributed by atoms with Crippen LogP contribution in [0.4, 0.5) is 8.78 Å². The topological polar surface area (TPSA) is 12.9 Å². The number of nitrogens with zero attached hydrogens (tertiary/aromatic N) is 1. The summed E-state index contributed by atoms with van der Waals surface area (Å²) >= 11 is 5.75. The van der Waals surface area contributed by atoms with Crippen LogP contribution < -0.4 is 0 Å². The molecular formula is C12H8ClF2N. The van der Waals surface area contributed by atoms with Gasteiger partial charge in [-0.05, 0) is 36.2 Å². The molecule has 1 aromatic carbocycles. The van der Waals surface area contributed by atoms with Gasteiger partial charge in [0, 0.05) is 11.8 Å². The van der Waals surface area contributed by atoms with Gasteiger partial charge in [0.1, 0.15) is 5.82 Å². The minimum atomic E-state index is -0.612. The fourth-order valence-electron chi connectivity index (χ4n) is 1.54. The molecule has 1 aromatic heterocycles. The van der Waals surface area contributed by atoms with Crippen LogP contribution in [0.2, 0.25) is 5.02 Å². The van der Waals surface area contributed by atoms with Gasteiger partial charge in [0.25, 0.3) is 0 Å². The zero-order valence-electron chi connectivity index (χ0n) is 8.47. The summed E-state index contributed by atoms with van der Waals surface area (Å²) in [5.41, 5.74) is 1.52. The molecule has 0 fully saturated rings. The average Bonchev–Trinajstić information content (AvgIpc) is 2.22. The maximum absolute atomic E-state index is 13.5. The van der Waals surface area contributed by atoms with E-state index in [0.29, 0.717) is 16.1 Å². The Hall–Kier alpha value is -1.48. The molecule has 0 bridgehead atoms. The first-order valence-electron chi connectivity index (χ1n) is 4.65. The Labute approximate surface area is 96.7 Å². The van der Waals surface area contributed by atoms with Crippen LogP contribution >= 0.6 is 11.6 Å². The highest BCUT2D eigenvalue weighted by Crippen LogP contribution is 2.27. The molecule has 1 nitrogen and oxygen atoms in total. The van der Waals surface area contributed by atoms with Gasteiger partial charge in [0.05, 0.1) is 5.02 Å². The molecule has 0 aliphatic heterocycles. The third-order valence-corrected chi connectivity index (χ3v) is 2.49. The van der Waals surface area contributed by atoms with E-state index in [1.165, 1.54) is 30.5 Å². The second-order valence-corrected chi connectivity index (χ2v) is 3.89. The average molecular weight is 240 g/mol. The van der Waals surface area contributed by atoms with Crippen LogP contribution in [0.1, 0.15) is 5.56 Å². The van der Waals surface area contributed by atoms with Crippen molar-refractivity contribution in [2.24, 2.45) is 0 Å². The van der Waals surface area contributed by atoms with Gasteiger partial charge in [-0.2, -0.15) is 4.39 Å². The van der Waals surface area contributed by atoms with Gasteiger partial charge in [-0.1, -0.05) is 17.7 Å². The summed E-state index contributed by atoms with van der Waals surface area (Å²) < 4.78 is 26.4. The summed E-state index contributed by atoms with van der Waals surface area (Å²) in [4.78, 5) is 3.53. The summed E-state index contributed by atoms with van der Waals surface area (Å²) in [6.07, 6.45) is 1.24. The van der Waals surface area contributed by atoms with E-state index in [1.807, 2.05) is 0 Å². The fraction of sp³-hybridized carbons (Fsp3) is 0.0833. The fourth-order valence-corrected chi connectivity index (χ4v) is 1.70. The predicted octanol–water partition coefficient (Wildman–Crippen LogP) is 3.99. The number of rotatable bonds is 1. The molecule has 1 heterocycles. The molecular weight excluding hydrogens is 232 g/mol. The van der Waals surface area contributed by atoms with Gasteiger partial charge in [-0.15, -0.1) is 0 Å². The van der Waals surface area contributed by atoms with Crippen LogP contribution in [0, 0.1) is 18.7 Å². The van der Waals surface area contributed by atoms with E-state index in [1.54, 1.807) is 6.92 Å². The highest BCUT2D eigenvalue weighted by molar-refractivity contribution is 6.30. The van der Waals surface area contributed by atoms with Gasteiger partial charge in [-0.3, -0.25) is 0 Å². The number of hydrogen-bond donors (Lipinski definition) is 0. The lowest BCUT2D eigenvalue weighted by atomic mass is 10.0. The molecule has 0 unspecified atom stereocenters. The van der Waals surface area contributed by atoms with Crippen LogP contribution in [-0.4, -0.2) is 4.98 Å². The normalized spacial score (nSPS) is 10.5. The smallest absolute Gasteiger partial charge is 0.220 e. The summed E-state index contributed by atoms with van der Waals surface area (Å²) in [5, 5.41) is 0.347. The monoisotopic (exact) mass is 239 g/mol. The predicted molar refractivity (Wildman–Crippen MR) is 59.3 cm³/mol. The number of halogens is 3. The molecule has 0 amide bonds. The molecule has 82 valence electrons. The largest absolute Gasteiger partial charge is 0.226 e. The molecule has 0 saturated heterocycles. The molecule has 0 aliphatic rings. The second kappa shape index (κ2) is 4.18. The van der Waals surface area contributed by atoms with Crippen LogP contribution in [0.3, 0.4) is 0 Å². The lowest BCUT2D eigenvalue weighted by molar-refractivity contribution is 0.587. The minimum absolute atomic E-state index is 0.282. The SMILES string of the molecule is Cc1cc(F)ccc1-c1cc(Cl)cnc1F. The zero-order chi connectivity index (χ0) is 11.7. The molecule has 2 aromatic rings. The second-order valence-electron chi connectivity index (χ2n) is 3.45. The molecule has 16 heavy (non-hydrogen) atoms. The number of aryl methyl sites for hydroxylation is 1. The first kappa shape index (κ1) is 11.0. The summed E-state index contributed by atoms with van der Waals surface area (Å²) in [7, 11) is 0. The van der Waals surface area contributed by atoms with E-state index in [2.05, 4.69) is 4.98 Å². The maximum Gasteiger partial charge on any atom is 0.220 e. The van der Waals surface area contributed by atoms with Crippen molar-refractivity contribution in [3.63, 3.8) is 0 Å². The van der Waals surface area contributed by atoms with Crippen molar-refractivity contribution >= 4 is 11.6 Å². The van der Waals surface area contributed by atoms with Gasteiger partial charge >= 0.3 is 0 Å². The van der Waals surface area contributed by atoms with Crippen LogP contribution in [0.25, 0.3) is 11.1 Å². The first-order valence-corrected chi connectivity index (χ1v) is 5.03. The molecule has 4 heteroatoms. The lowest BCUT2D eigenvalue weighted by Gasteiger charge is -2.07. The van der Waals surface area contributed by atoms with E-state index >= 15 is 0 Å². The quantitative estimate of drug-likeness (QED) is 0.686. The van der Waals surface area contributed by atoms with E-state index in [4.69, 9.17) is 11.6 Å². The van der Waals surface area contributed by atoms with Crippen LogP contribution in [-0.2, 0) is 0 Å². The number of aromatic nitrogens is 1. The zero-order valence-corrected chi connectivity index (χ0v) is 9.22.